The van der Waals surface area contributed by atoms with Gasteiger partial charge in [0.15, 0.2) is 0 Å². The summed E-state index contributed by atoms with van der Waals surface area (Å²) < 4.78 is 0. The number of hydrogen-bond acceptors (Lipinski definition) is 4. The molecule has 1 aromatic rings. The van der Waals surface area contributed by atoms with Crippen molar-refractivity contribution >= 4 is 17.7 Å². The summed E-state index contributed by atoms with van der Waals surface area (Å²) in [5, 5.41) is 2.90. The molecule has 1 aromatic carbocycles. The minimum absolute atomic E-state index is 0.0528. The van der Waals surface area contributed by atoms with Gasteiger partial charge in [0.05, 0.1) is 0 Å². The molecule has 0 unspecified atom stereocenters. The fraction of sp³-hybridized carbons (Fsp3) is 0.625. The van der Waals surface area contributed by atoms with Crippen LogP contribution < -0.4 is 5.32 Å². The Morgan fingerprint density at radius 2 is 1.55 bits per heavy atom. The molecule has 0 atom stereocenters. The van der Waals surface area contributed by atoms with Crippen LogP contribution in [0.3, 0.4) is 0 Å². The van der Waals surface area contributed by atoms with Gasteiger partial charge in [-0.3, -0.25) is 14.4 Å². The predicted octanol–water partition coefficient (Wildman–Crippen LogP) is 2.51. The highest BCUT2D eigenvalue weighted by Crippen LogP contribution is 2.10. The molecule has 7 nitrogen and oxygen atoms in total. The van der Waals surface area contributed by atoms with Crippen molar-refractivity contribution in [3.63, 3.8) is 0 Å². The Labute approximate surface area is 186 Å². The van der Waals surface area contributed by atoms with Gasteiger partial charge in [-0.2, -0.15) is 0 Å². The molecule has 1 aliphatic heterocycles. The van der Waals surface area contributed by atoms with Crippen LogP contribution in [0.4, 0.5) is 0 Å². The SMILES string of the molecule is CCCN(CCC)C(=O)CCCC(=O)NCc1ccc(C(=O)N2CCN(C)CC2)cc1. The summed E-state index contributed by atoms with van der Waals surface area (Å²) in [7, 11) is 2.07. The first-order valence-electron chi connectivity index (χ1n) is 11.6. The van der Waals surface area contributed by atoms with E-state index < -0.39 is 0 Å². The maximum absolute atomic E-state index is 12.6. The van der Waals surface area contributed by atoms with E-state index in [1.807, 2.05) is 34.1 Å². The van der Waals surface area contributed by atoms with Crippen molar-refractivity contribution in [1.82, 2.24) is 20.0 Å². The third kappa shape index (κ3) is 8.32. The quantitative estimate of drug-likeness (QED) is 0.586. The van der Waals surface area contributed by atoms with Gasteiger partial charge in [-0.25, -0.2) is 0 Å². The number of piperazine rings is 1. The summed E-state index contributed by atoms with van der Waals surface area (Å²) in [6.45, 7) is 9.43. The van der Waals surface area contributed by atoms with Crippen LogP contribution >= 0.6 is 0 Å². The lowest BCUT2D eigenvalue weighted by Crippen LogP contribution is -2.47. The Hall–Kier alpha value is -2.41. The van der Waals surface area contributed by atoms with Crippen molar-refractivity contribution < 1.29 is 14.4 Å². The summed E-state index contributed by atoms with van der Waals surface area (Å²) in [5.74, 6) is 0.147. The van der Waals surface area contributed by atoms with Crippen molar-refractivity contribution in [3.05, 3.63) is 35.4 Å². The highest BCUT2D eigenvalue weighted by atomic mass is 16.2. The zero-order valence-corrected chi connectivity index (χ0v) is 19.4. The Morgan fingerprint density at radius 1 is 0.935 bits per heavy atom. The Kier molecular flexibility index (Phi) is 10.5. The predicted molar refractivity (Wildman–Crippen MR) is 123 cm³/mol. The maximum atomic E-state index is 12.6. The summed E-state index contributed by atoms with van der Waals surface area (Å²) in [4.78, 5) is 43.0. The molecule has 0 spiro atoms. The number of rotatable bonds is 11. The van der Waals surface area contributed by atoms with Gasteiger partial charge in [-0.15, -0.1) is 0 Å². The van der Waals surface area contributed by atoms with Crippen molar-refractivity contribution in [1.29, 1.82) is 0 Å². The van der Waals surface area contributed by atoms with Gasteiger partial charge in [0, 0.05) is 64.2 Å². The monoisotopic (exact) mass is 430 g/mol. The minimum atomic E-state index is -0.0528. The normalized spacial score (nSPS) is 14.4. The molecule has 1 heterocycles. The number of amides is 3. The lowest BCUT2D eigenvalue weighted by atomic mass is 10.1. The van der Waals surface area contributed by atoms with Crippen molar-refractivity contribution in [2.75, 3.05) is 46.3 Å². The topological polar surface area (TPSA) is 73.0 Å². The molecule has 1 saturated heterocycles. The largest absolute Gasteiger partial charge is 0.352 e. The van der Waals surface area contributed by atoms with E-state index >= 15 is 0 Å². The van der Waals surface area contributed by atoms with Crippen molar-refractivity contribution in [3.8, 4) is 0 Å². The lowest BCUT2D eigenvalue weighted by molar-refractivity contribution is -0.131. The van der Waals surface area contributed by atoms with E-state index in [0.29, 0.717) is 31.4 Å². The van der Waals surface area contributed by atoms with Crippen molar-refractivity contribution in [2.24, 2.45) is 0 Å². The molecule has 172 valence electrons. The molecule has 0 saturated carbocycles. The fourth-order valence-corrected chi connectivity index (χ4v) is 3.71. The third-order valence-electron chi connectivity index (χ3n) is 5.62. The molecule has 0 aromatic heterocycles. The first-order chi connectivity index (χ1) is 14.9. The van der Waals surface area contributed by atoms with Crippen LogP contribution in [0.25, 0.3) is 0 Å². The van der Waals surface area contributed by atoms with Crippen LogP contribution in [0, 0.1) is 0 Å². The summed E-state index contributed by atoms with van der Waals surface area (Å²) in [5.41, 5.74) is 1.64. The molecule has 1 fully saturated rings. The Morgan fingerprint density at radius 3 is 2.13 bits per heavy atom. The van der Waals surface area contributed by atoms with E-state index in [1.165, 1.54) is 0 Å². The molecular weight excluding hydrogens is 392 g/mol. The van der Waals surface area contributed by atoms with E-state index in [2.05, 4.69) is 31.1 Å². The second-order valence-corrected chi connectivity index (χ2v) is 8.30. The minimum Gasteiger partial charge on any atom is -0.352 e. The average Bonchev–Trinajstić information content (AvgIpc) is 2.78. The first-order valence-corrected chi connectivity index (χ1v) is 11.6. The van der Waals surface area contributed by atoms with E-state index in [1.54, 1.807) is 0 Å². The molecular formula is C24H38N4O3. The number of nitrogens with one attached hydrogen (secondary N) is 1. The van der Waals surface area contributed by atoms with Gasteiger partial charge in [0.1, 0.15) is 0 Å². The van der Waals surface area contributed by atoms with Gasteiger partial charge >= 0.3 is 0 Å². The summed E-state index contributed by atoms with van der Waals surface area (Å²) in [6.07, 6.45) is 3.22. The number of carbonyl (C=O) groups is 3. The molecule has 1 aliphatic rings. The zero-order valence-electron chi connectivity index (χ0n) is 19.4. The van der Waals surface area contributed by atoms with Gasteiger partial charge in [-0.05, 0) is 44.0 Å². The maximum Gasteiger partial charge on any atom is 0.253 e. The molecule has 31 heavy (non-hydrogen) atoms. The highest BCUT2D eigenvalue weighted by Gasteiger charge is 2.20. The first kappa shape index (κ1) is 24.9. The van der Waals surface area contributed by atoms with Gasteiger partial charge < -0.3 is 20.0 Å². The van der Waals surface area contributed by atoms with E-state index in [4.69, 9.17) is 0 Å². The second kappa shape index (κ2) is 13.1. The molecule has 7 heteroatoms. The average molecular weight is 431 g/mol. The van der Waals surface area contributed by atoms with Gasteiger partial charge in [0.2, 0.25) is 11.8 Å². The molecule has 2 rings (SSSR count). The number of benzene rings is 1. The van der Waals surface area contributed by atoms with Crippen LogP contribution in [0.2, 0.25) is 0 Å². The molecule has 0 bridgehead atoms. The number of likely N-dealkylation sites (N-methyl/N-ethyl adjacent to an activating group) is 1. The standard InChI is InChI=1S/C24H38N4O3/c1-4-13-27(14-5-2)23(30)8-6-7-22(29)25-19-20-9-11-21(12-10-20)24(31)28-17-15-26(3)16-18-28/h9-12H,4-8,13-19H2,1-3H3,(H,25,29). The smallest absolute Gasteiger partial charge is 0.253 e. The van der Waals surface area contributed by atoms with Crippen molar-refractivity contribution in [2.45, 2.75) is 52.5 Å². The molecule has 3 amide bonds. The number of hydrogen-bond donors (Lipinski definition) is 1. The van der Waals surface area contributed by atoms with Gasteiger partial charge in [-0.1, -0.05) is 26.0 Å². The van der Waals surface area contributed by atoms with Crippen LogP contribution in [-0.4, -0.2) is 78.7 Å². The van der Waals surface area contributed by atoms with Crippen LogP contribution in [-0.2, 0) is 16.1 Å². The summed E-state index contributed by atoms with van der Waals surface area (Å²) in [6, 6.07) is 7.44. The molecule has 0 radical (unpaired) electrons. The lowest BCUT2D eigenvalue weighted by Gasteiger charge is -2.32. The van der Waals surface area contributed by atoms with Crippen LogP contribution in [0.1, 0.15) is 61.9 Å². The summed E-state index contributed by atoms with van der Waals surface area (Å²) >= 11 is 0. The Bertz CT molecular complexity index is 706. The van der Waals surface area contributed by atoms with Gasteiger partial charge in [0.25, 0.3) is 5.91 Å². The Balaban J connectivity index is 1.71. The van der Waals surface area contributed by atoms with E-state index in [0.717, 1.165) is 57.7 Å². The zero-order chi connectivity index (χ0) is 22.6. The molecule has 0 aliphatic carbocycles. The number of nitrogens with zero attached hydrogens (tertiary/aromatic N) is 3. The second-order valence-electron chi connectivity index (χ2n) is 8.30. The van der Waals surface area contributed by atoms with E-state index in [-0.39, 0.29) is 17.7 Å². The van der Waals surface area contributed by atoms with Crippen LogP contribution in [0.5, 0.6) is 0 Å². The molecule has 1 N–H and O–H groups in total. The third-order valence-corrected chi connectivity index (χ3v) is 5.62. The van der Waals surface area contributed by atoms with E-state index in [9.17, 15) is 14.4 Å². The number of carbonyl (C=O) groups excluding carboxylic acids is 3. The fourth-order valence-electron chi connectivity index (χ4n) is 3.71. The highest BCUT2D eigenvalue weighted by molar-refractivity contribution is 5.94. The van der Waals surface area contributed by atoms with Crippen LogP contribution in [0.15, 0.2) is 24.3 Å².